The van der Waals surface area contributed by atoms with Gasteiger partial charge in [0.25, 0.3) is 0 Å². The first-order valence-corrected chi connectivity index (χ1v) is 7.97. The molecule has 0 aliphatic carbocycles. The number of benzene rings is 2. The van der Waals surface area contributed by atoms with Gasteiger partial charge >= 0.3 is 0 Å². The molecule has 2 aromatic rings. The molecule has 1 aliphatic rings. The van der Waals surface area contributed by atoms with Crippen molar-refractivity contribution in [2.45, 2.75) is 13.0 Å². The first kappa shape index (κ1) is 14.5. The molecule has 110 valence electrons. The van der Waals surface area contributed by atoms with Crippen LogP contribution < -0.4 is 14.8 Å². The number of fused-ring (bicyclic) bond motifs is 1. The van der Waals surface area contributed by atoms with Crippen molar-refractivity contribution in [1.29, 1.82) is 0 Å². The molecule has 5 heteroatoms. The molecule has 3 nitrogen and oxygen atoms in total. The summed E-state index contributed by atoms with van der Waals surface area (Å²) in [5.41, 5.74) is 2.11. The molecule has 0 saturated carbocycles. The van der Waals surface area contributed by atoms with Crippen LogP contribution in [0.25, 0.3) is 0 Å². The molecule has 0 bridgehead atoms. The first-order chi connectivity index (χ1) is 10.2. The molecule has 0 atom stereocenters. The molecule has 0 aromatic heterocycles. The molecule has 1 aliphatic heterocycles. The van der Waals surface area contributed by atoms with Crippen LogP contribution in [0.2, 0.25) is 5.02 Å². The smallest absolute Gasteiger partial charge is 0.175 e. The molecular formula is C16H15BrClNO2. The molecule has 0 saturated heterocycles. The zero-order valence-electron chi connectivity index (χ0n) is 11.4. The van der Waals surface area contributed by atoms with Gasteiger partial charge in [0.05, 0.1) is 17.7 Å². The van der Waals surface area contributed by atoms with Gasteiger partial charge in [-0.25, -0.2) is 0 Å². The van der Waals surface area contributed by atoms with E-state index in [0.29, 0.717) is 19.8 Å². The van der Waals surface area contributed by atoms with E-state index in [2.05, 4.69) is 21.2 Å². The molecule has 2 aromatic carbocycles. The predicted molar refractivity (Wildman–Crippen MR) is 88.5 cm³/mol. The van der Waals surface area contributed by atoms with Crippen LogP contribution >= 0.6 is 27.5 Å². The average Bonchev–Trinajstić information content (AvgIpc) is 2.71. The Balaban J connectivity index is 1.77. The lowest BCUT2D eigenvalue weighted by atomic mass is 10.2. The minimum Gasteiger partial charge on any atom is -0.490 e. The zero-order chi connectivity index (χ0) is 14.7. The maximum absolute atomic E-state index is 5.98. The predicted octanol–water partition coefficient (Wildman–Crippen LogP) is 4.88. The van der Waals surface area contributed by atoms with Crippen molar-refractivity contribution in [3.8, 4) is 11.5 Å². The van der Waals surface area contributed by atoms with Gasteiger partial charge in [-0.05, 0) is 51.8 Å². The Morgan fingerprint density at radius 2 is 2.00 bits per heavy atom. The van der Waals surface area contributed by atoms with Crippen molar-refractivity contribution in [3.05, 3.63) is 51.5 Å². The molecule has 1 heterocycles. The van der Waals surface area contributed by atoms with Gasteiger partial charge in [-0.15, -0.1) is 0 Å². The maximum atomic E-state index is 5.98. The molecule has 0 amide bonds. The van der Waals surface area contributed by atoms with E-state index in [0.717, 1.165) is 38.7 Å². The van der Waals surface area contributed by atoms with Crippen LogP contribution in [-0.4, -0.2) is 13.2 Å². The summed E-state index contributed by atoms with van der Waals surface area (Å²) in [7, 11) is 0. The highest BCUT2D eigenvalue weighted by molar-refractivity contribution is 9.10. The van der Waals surface area contributed by atoms with E-state index in [9.17, 15) is 0 Å². The number of hydrogen-bond donors (Lipinski definition) is 1. The summed E-state index contributed by atoms with van der Waals surface area (Å²) in [4.78, 5) is 0. The second kappa shape index (κ2) is 6.58. The quantitative estimate of drug-likeness (QED) is 0.838. The maximum Gasteiger partial charge on any atom is 0.175 e. The van der Waals surface area contributed by atoms with Crippen molar-refractivity contribution < 1.29 is 9.47 Å². The highest BCUT2D eigenvalue weighted by Gasteiger charge is 2.15. The van der Waals surface area contributed by atoms with Crippen LogP contribution in [-0.2, 0) is 6.54 Å². The average molecular weight is 369 g/mol. The third-order valence-corrected chi connectivity index (χ3v) is 4.01. The number of rotatable bonds is 3. The van der Waals surface area contributed by atoms with Crippen LogP contribution in [0.4, 0.5) is 5.69 Å². The van der Waals surface area contributed by atoms with E-state index in [1.54, 1.807) is 0 Å². The fraction of sp³-hybridized carbons (Fsp3) is 0.250. The second-order valence-electron chi connectivity index (χ2n) is 4.82. The Hall–Kier alpha value is -1.39. The third kappa shape index (κ3) is 3.63. The van der Waals surface area contributed by atoms with E-state index < -0.39 is 0 Å². The van der Waals surface area contributed by atoms with Gasteiger partial charge in [0.15, 0.2) is 11.5 Å². The Morgan fingerprint density at radius 3 is 2.86 bits per heavy atom. The molecule has 0 unspecified atom stereocenters. The topological polar surface area (TPSA) is 30.5 Å². The van der Waals surface area contributed by atoms with Gasteiger partial charge in [0.1, 0.15) is 0 Å². The van der Waals surface area contributed by atoms with E-state index >= 15 is 0 Å². The van der Waals surface area contributed by atoms with Crippen LogP contribution in [0.5, 0.6) is 11.5 Å². The molecule has 1 N–H and O–H groups in total. The normalized spacial score (nSPS) is 13.6. The molecule has 21 heavy (non-hydrogen) atoms. The summed E-state index contributed by atoms with van der Waals surface area (Å²) in [6, 6.07) is 11.7. The fourth-order valence-corrected chi connectivity index (χ4v) is 2.98. The Bertz CT molecular complexity index is 648. The molecule has 0 spiro atoms. The van der Waals surface area contributed by atoms with Crippen molar-refractivity contribution in [1.82, 2.24) is 0 Å². The molecular weight excluding hydrogens is 354 g/mol. The lowest BCUT2D eigenvalue weighted by molar-refractivity contribution is 0.296. The van der Waals surface area contributed by atoms with E-state index in [-0.39, 0.29) is 0 Å². The Kier molecular flexibility index (Phi) is 4.56. The SMILES string of the molecule is Clc1cccc(NCc2cc(Br)c3c(c2)OCCCO3)c1. The van der Waals surface area contributed by atoms with E-state index in [4.69, 9.17) is 21.1 Å². The standard InChI is InChI=1S/C16H15BrClNO2/c17-14-7-11(8-15-16(14)21-6-2-5-20-15)10-19-13-4-1-3-12(18)9-13/h1,3-4,7-9,19H,2,5-6,10H2. The minimum absolute atomic E-state index is 0.685. The summed E-state index contributed by atoms with van der Waals surface area (Å²) in [5, 5.41) is 4.07. The number of hydrogen-bond acceptors (Lipinski definition) is 3. The summed E-state index contributed by atoms with van der Waals surface area (Å²) in [6.07, 6.45) is 0.900. The number of anilines is 1. The van der Waals surface area contributed by atoms with Crippen molar-refractivity contribution in [2.24, 2.45) is 0 Å². The van der Waals surface area contributed by atoms with Crippen LogP contribution in [0.15, 0.2) is 40.9 Å². The Labute approximate surface area is 137 Å². The van der Waals surface area contributed by atoms with Crippen molar-refractivity contribution in [3.63, 3.8) is 0 Å². The van der Waals surface area contributed by atoms with Crippen molar-refractivity contribution >= 4 is 33.2 Å². The number of nitrogens with one attached hydrogen (secondary N) is 1. The molecule has 3 rings (SSSR count). The van der Waals surface area contributed by atoms with Gasteiger partial charge in [0, 0.05) is 23.7 Å². The summed E-state index contributed by atoms with van der Waals surface area (Å²) in [5.74, 6) is 1.59. The van der Waals surface area contributed by atoms with E-state index in [1.165, 1.54) is 0 Å². The molecule has 0 fully saturated rings. The van der Waals surface area contributed by atoms with Gasteiger partial charge in [-0.3, -0.25) is 0 Å². The second-order valence-corrected chi connectivity index (χ2v) is 6.11. The number of ether oxygens (including phenoxy) is 2. The minimum atomic E-state index is 0.685. The van der Waals surface area contributed by atoms with E-state index in [1.807, 2.05) is 36.4 Å². The highest BCUT2D eigenvalue weighted by atomic mass is 79.9. The van der Waals surface area contributed by atoms with Crippen molar-refractivity contribution in [2.75, 3.05) is 18.5 Å². The Morgan fingerprint density at radius 1 is 1.14 bits per heavy atom. The summed E-state index contributed by atoms with van der Waals surface area (Å²) >= 11 is 9.53. The number of halogens is 2. The highest BCUT2D eigenvalue weighted by Crippen LogP contribution is 2.38. The van der Waals surface area contributed by atoms with Gasteiger partial charge in [-0.2, -0.15) is 0 Å². The van der Waals surface area contributed by atoms with Crippen LogP contribution in [0.1, 0.15) is 12.0 Å². The van der Waals surface area contributed by atoms with Crippen LogP contribution in [0.3, 0.4) is 0 Å². The largest absolute Gasteiger partial charge is 0.490 e. The lowest BCUT2D eigenvalue weighted by Gasteiger charge is -2.13. The monoisotopic (exact) mass is 367 g/mol. The summed E-state index contributed by atoms with van der Waals surface area (Å²) < 4.78 is 12.4. The first-order valence-electron chi connectivity index (χ1n) is 6.80. The third-order valence-electron chi connectivity index (χ3n) is 3.18. The van der Waals surface area contributed by atoms with Crippen LogP contribution in [0, 0.1) is 0 Å². The summed E-state index contributed by atoms with van der Waals surface area (Å²) in [6.45, 7) is 2.06. The molecule has 0 radical (unpaired) electrons. The lowest BCUT2D eigenvalue weighted by Crippen LogP contribution is -2.01. The van der Waals surface area contributed by atoms with Gasteiger partial charge in [0.2, 0.25) is 0 Å². The van der Waals surface area contributed by atoms with Gasteiger partial charge in [-0.1, -0.05) is 17.7 Å². The zero-order valence-corrected chi connectivity index (χ0v) is 13.7. The van der Waals surface area contributed by atoms with Gasteiger partial charge < -0.3 is 14.8 Å². The fourth-order valence-electron chi connectivity index (χ4n) is 2.19.